The first-order valence-electron chi connectivity index (χ1n) is 3.63. The summed E-state index contributed by atoms with van der Waals surface area (Å²) < 4.78 is 30.7. The number of hydrogen-bond donors (Lipinski definition) is 0. The van der Waals surface area contributed by atoms with Gasteiger partial charge in [0.05, 0.1) is 6.61 Å². The van der Waals surface area contributed by atoms with Crippen LogP contribution in [0, 0.1) is 0 Å². The van der Waals surface area contributed by atoms with Gasteiger partial charge in [-0.05, 0) is 12.8 Å². The van der Waals surface area contributed by atoms with Crippen molar-refractivity contribution < 1.29 is 16.8 Å². The fourth-order valence-electron chi connectivity index (χ4n) is 1.02. The van der Waals surface area contributed by atoms with Crippen molar-refractivity contribution in [2.24, 2.45) is 0 Å². The van der Waals surface area contributed by atoms with E-state index in [0.717, 1.165) is 0 Å². The SMILES string of the molecule is CCC1(CC)COS(=O)(=O)O1. The van der Waals surface area contributed by atoms with Crippen molar-refractivity contribution in [3.8, 4) is 0 Å². The summed E-state index contributed by atoms with van der Waals surface area (Å²) in [7, 11) is -3.68. The van der Waals surface area contributed by atoms with Crippen molar-refractivity contribution in [2.75, 3.05) is 6.61 Å². The Morgan fingerprint density at radius 1 is 1.36 bits per heavy atom. The van der Waals surface area contributed by atoms with E-state index in [9.17, 15) is 8.42 Å². The maximum absolute atomic E-state index is 10.7. The second-order valence-electron chi connectivity index (χ2n) is 2.64. The minimum Gasteiger partial charge on any atom is -0.245 e. The minimum atomic E-state index is -3.68. The first-order chi connectivity index (χ1) is 5.04. The van der Waals surface area contributed by atoms with Crippen LogP contribution in [0.15, 0.2) is 0 Å². The van der Waals surface area contributed by atoms with Gasteiger partial charge in [-0.2, -0.15) is 8.42 Å². The first-order valence-corrected chi connectivity index (χ1v) is 4.97. The molecule has 1 saturated heterocycles. The van der Waals surface area contributed by atoms with E-state index in [2.05, 4.69) is 4.18 Å². The van der Waals surface area contributed by atoms with E-state index in [1.54, 1.807) is 0 Å². The van der Waals surface area contributed by atoms with E-state index in [-0.39, 0.29) is 6.61 Å². The maximum atomic E-state index is 10.7. The van der Waals surface area contributed by atoms with E-state index in [4.69, 9.17) is 4.18 Å². The molecule has 1 rings (SSSR count). The zero-order valence-corrected chi connectivity index (χ0v) is 7.48. The summed E-state index contributed by atoms with van der Waals surface area (Å²) in [5.74, 6) is 0. The van der Waals surface area contributed by atoms with E-state index in [1.165, 1.54) is 0 Å². The molecular weight excluding hydrogens is 168 g/mol. The normalized spacial score (nSPS) is 27.1. The molecule has 1 aliphatic rings. The third-order valence-electron chi connectivity index (χ3n) is 2.03. The van der Waals surface area contributed by atoms with Gasteiger partial charge in [0.1, 0.15) is 5.60 Å². The van der Waals surface area contributed by atoms with Crippen LogP contribution < -0.4 is 0 Å². The van der Waals surface area contributed by atoms with E-state index in [0.29, 0.717) is 12.8 Å². The lowest BCUT2D eigenvalue weighted by molar-refractivity contribution is 0.0859. The van der Waals surface area contributed by atoms with Gasteiger partial charge in [-0.1, -0.05) is 13.8 Å². The minimum absolute atomic E-state index is 0.155. The van der Waals surface area contributed by atoms with E-state index >= 15 is 0 Å². The Hall–Kier alpha value is -0.130. The predicted octanol–water partition coefficient (Wildman–Crippen LogP) is 0.837. The molecule has 0 unspecified atom stereocenters. The van der Waals surface area contributed by atoms with Crippen LogP contribution in [0.3, 0.4) is 0 Å². The van der Waals surface area contributed by atoms with Crippen LogP contribution in [-0.4, -0.2) is 20.6 Å². The van der Waals surface area contributed by atoms with Crippen molar-refractivity contribution >= 4 is 10.4 Å². The zero-order chi connectivity index (χ0) is 8.54. The molecule has 0 aliphatic carbocycles. The standard InChI is InChI=1S/C6H12O4S/c1-3-6(4-2)5-9-11(7,8)10-6/h3-5H2,1-2H3. The summed E-state index contributed by atoms with van der Waals surface area (Å²) in [4.78, 5) is 0. The molecule has 0 spiro atoms. The van der Waals surface area contributed by atoms with Crippen LogP contribution in [0.2, 0.25) is 0 Å². The lowest BCUT2D eigenvalue weighted by atomic mass is 9.99. The van der Waals surface area contributed by atoms with Crippen molar-refractivity contribution in [2.45, 2.75) is 32.3 Å². The Labute approximate surface area is 66.8 Å². The second kappa shape index (κ2) is 2.73. The summed E-state index contributed by atoms with van der Waals surface area (Å²) in [5, 5.41) is 0. The fraction of sp³-hybridized carbons (Fsp3) is 1.00. The van der Waals surface area contributed by atoms with Crippen LogP contribution in [0.4, 0.5) is 0 Å². The van der Waals surface area contributed by atoms with Crippen molar-refractivity contribution in [3.05, 3.63) is 0 Å². The van der Waals surface area contributed by atoms with Gasteiger partial charge in [-0.15, -0.1) is 0 Å². The van der Waals surface area contributed by atoms with Crippen molar-refractivity contribution in [1.29, 1.82) is 0 Å². The Morgan fingerprint density at radius 3 is 2.09 bits per heavy atom. The summed E-state index contributed by atoms with van der Waals surface area (Å²) >= 11 is 0. The van der Waals surface area contributed by atoms with E-state index < -0.39 is 16.0 Å². The summed E-state index contributed by atoms with van der Waals surface area (Å²) in [6.45, 7) is 3.92. The molecule has 0 aromatic rings. The molecule has 0 atom stereocenters. The molecule has 66 valence electrons. The molecule has 1 fully saturated rings. The van der Waals surface area contributed by atoms with Crippen molar-refractivity contribution in [3.63, 3.8) is 0 Å². The quantitative estimate of drug-likeness (QED) is 0.631. The summed E-state index contributed by atoms with van der Waals surface area (Å²) in [5.41, 5.74) is -0.598. The van der Waals surface area contributed by atoms with E-state index in [1.807, 2.05) is 13.8 Å². The molecule has 0 bridgehead atoms. The molecule has 0 aromatic heterocycles. The molecule has 4 nitrogen and oxygen atoms in total. The van der Waals surface area contributed by atoms with Crippen LogP contribution in [0.25, 0.3) is 0 Å². The summed E-state index contributed by atoms with van der Waals surface area (Å²) in [6, 6.07) is 0. The highest BCUT2D eigenvalue weighted by Gasteiger charge is 2.41. The average molecular weight is 180 g/mol. The molecule has 5 heteroatoms. The Balaban J connectivity index is 2.78. The van der Waals surface area contributed by atoms with Gasteiger partial charge >= 0.3 is 10.4 Å². The monoisotopic (exact) mass is 180 g/mol. The topological polar surface area (TPSA) is 52.6 Å². The highest BCUT2D eigenvalue weighted by Crippen LogP contribution is 2.30. The number of hydrogen-bond acceptors (Lipinski definition) is 4. The van der Waals surface area contributed by atoms with Crippen LogP contribution in [0.1, 0.15) is 26.7 Å². The molecule has 0 aromatic carbocycles. The molecule has 1 heterocycles. The first kappa shape index (κ1) is 8.96. The lowest BCUT2D eigenvalue weighted by Crippen LogP contribution is -2.29. The largest absolute Gasteiger partial charge is 0.400 e. The van der Waals surface area contributed by atoms with Crippen molar-refractivity contribution in [1.82, 2.24) is 0 Å². The Kier molecular flexibility index (Phi) is 2.22. The van der Waals surface area contributed by atoms with Gasteiger partial charge in [0.2, 0.25) is 0 Å². The molecule has 11 heavy (non-hydrogen) atoms. The lowest BCUT2D eigenvalue weighted by Gasteiger charge is -2.19. The van der Waals surface area contributed by atoms with Gasteiger partial charge in [0.15, 0.2) is 0 Å². The Morgan fingerprint density at radius 2 is 1.91 bits per heavy atom. The maximum Gasteiger partial charge on any atom is 0.400 e. The van der Waals surface area contributed by atoms with Gasteiger partial charge < -0.3 is 0 Å². The van der Waals surface area contributed by atoms with Gasteiger partial charge in [-0.3, -0.25) is 0 Å². The number of rotatable bonds is 2. The third-order valence-corrected chi connectivity index (χ3v) is 3.00. The smallest absolute Gasteiger partial charge is 0.245 e. The molecule has 0 radical (unpaired) electrons. The fourth-order valence-corrected chi connectivity index (χ4v) is 2.14. The Bertz CT molecular complexity index is 227. The van der Waals surface area contributed by atoms with Crippen LogP contribution in [0.5, 0.6) is 0 Å². The van der Waals surface area contributed by atoms with Gasteiger partial charge in [-0.25, -0.2) is 8.37 Å². The average Bonchev–Trinajstić information content (AvgIpc) is 2.28. The molecule has 0 saturated carbocycles. The molecule has 1 aliphatic heterocycles. The second-order valence-corrected chi connectivity index (χ2v) is 3.86. The van der Waals surface area contributed by atoms with Crippen LogP contribution >= 0.6 is 0 Å². The van der Waals surface area contributed by atoms with Gasteiger partial charge in [0, 0.05) is 0 Å². The molecule has 0 N–H and O–H groups in total. The highest BCUT2D eigenvalue weighted by atomic mass is 32.3. The molecule has 0 amide bonds. The third kappa shape index (κ3) is 1.72. The predicted molar refractivity (Wildman–Crippen MR) is 39.3 cm³/mol. The highest BCUT2D eigenvalue weighted by molar-refractivity contribution is 7.82. The van der Waals surface area contributed by atoms with Crippen LogP contribution in [-0.2, 0) is 18.8 Å². The molecular formula is C6H12O4S. The zero-order valence-electron chi connectivity index (χ0n) is 6.66. The summed E-state index contributed by atoms with van der Waals surface area (Å²) in [6.07, 6.45) is 1.31. The van der Waals surface area contributed by atoms with Gasteiger partial charge in [0.25, 0.3) is 0 Å².